The molecule has 14 heavy (non-hydrogen) atoms. The molecule has 1 aromatic carbocycles. The molecule has 0 spiro atoms. The predicted octanol–water partition coefficient (Wildman–Crippen LogP) is 4.05. The van der Waals surface area contributed by atoms with E-state index in [2.05, 4.69) is 18.2 Å². The molecule has 0 bridgehead atoms. The molecule has 0 amide bonds. The van der Waals surface area contributed by atoms with E-state index in [0.717, 1.165) is 11.5 Å². The number of aryl methyl sites for hydroxylation is 2. The van der Waals surface area contributed by atoms with Crippen LogP contribution < -0.4 is 0 Å². The summed E-state index contributed by atoms with van der Waals surface area (Å²) in [7, 11) is 0. The summed E-state index contributed by atoms with van der Waals surface area (Å²) >= 11 is 1.74. The molecule has 0 N–H and O–H groups in total. The first-order chi connectivity index (χ1) is 6.75. The first-order valence-corrected chi connectivity index (χ1v) is 5.37. The molecule has 0 fully saturated rings. The maximum Gasteiger partial charge on any atom is 0.114 e. The van der Waals surface area contributed by atoms with Gasteiger partial charge in [0, 0.05) is 4.90 Å². The van der Waals surface area contributed by atoms with Crippen LogP contribution in [0, 0.1) is 13.8 Å². The number of rotatable bonds is 2. The Labute approximate surface area is 88.1 Å². The van der Waals surface area contributed by atoms with E-state index in [1.54, 1.807) is 11.8 Å². The lowest BCUT2D eigenvalue weighted by Gasteiger charge is -1.97. The van der Waals surface area contributed by atoms with E-state index in [0.29, 0.717) is 0 Å². The quantitative estimate of drug-likeness (QED) is 0.732. The molecule has 0 unspecified atom stereocenters. The van der Waals surface area contributed by atoms with Crippen molar-refractivity contribution in [3.05, 3.63) is 47.9 Å². The fourth-order valence-electron chi connectivity index (χ4n) is 1.32. The Morgan fingerprint density at radius 2 is 1.79 bits per heavy atom. The topological polar surface area (TPSA) is 13.1 Å². The summed E-state index contributed by atoms with van der Waals surface area (Å²) in [5.41, 5.74) is 0. The van der Waals surface area contributed by atoms with Gasteiger partial charge in [-0.3, -0.25) is 0 Å². The summed E-state index contributed by atoms with van der Waals surface area (Å²) in [6, 6.07) is 12.4. The number of furan rings is 1. The lowest BCUT2D eigenvalue weighted by molar-refractivity contribution is 0.498. The van der Waals surface area contributed by atoms with Gasteiger partial charge in [-0.2, -0.15) is 0 Å². The highest BCUT2D eigenvalue weighted by molar-refractivity contribution is 7.99. The normalized spacial score (nSPS) is 10.4. The molecule has 0 saturated carbocycles. The number of hydrogen-bond acceptors (Lipinski definition) is 2. The second-order valence-corrected chi connectivity index (χ2v) is 4.31. The van der Waals surface area contributed by atoms with E-state index in [9.17, 15) is 0 Å². The molecule has 1 aromatic heterocycles. The predicted molar refractivity (Wildman–Crippen MR) is 58.7 cm³/mol. The summed E-state index contributed by atoms with van der Waals surface area (Å²) in [6.07, 6.45) is 0. The van der Waals surface area contributed by atoms with Crippen LogP contribution in [0.5, 0.6) is 0 Å². The van der Waals surface area contributed by atoms with Gasteiger partial charge < -0.3 is 4.42 Å². The van der Waals surface area contributed by atoms with Crippen LogP contribution in [-0.4, -0.2) is 0 Å². The highest BCUT2D eigenvalue weighted by Crippen LogP contribution is 2.31. The minimum absolute atomic E-state index is 0.973. The molecule has 72 valence electrons. The average molecular weight is 204 g/mol. The molecule has 1 nitrogen and oxygen atoms in total. The van der Waals surface area contributed by atoms with Gasteiger partial charge in [0.05, 0.1) is 4.90 Å². The molecule has 0 aliphatic carbocycles. The summed E-state index contributed by atoms with van der Waals surface area (Å²) in [6.45, 7) is 3.97. The van der Waals surface area contributed by atoms with Gasteiger partial charge in [-0.25, -0.2) is 0 Å². The molecule has 1 heterocycles. The minimum Gasteiger partial charge on any atom is -0.465 e. The zero-order valence-corrected chi connectivity index (χ0v) is 9.10. The standard InChI is InChI=1S/C12H12OS/c1-9-8-12(10(2)13-9)14-11-6-4-3-5-7-11/h3-8H,1-2H3. The van der Waals surface area contributed by atoms with Crippen LogP contribution in [0.2, 0.25) is 0 Å². The molecule has 0 saturated heterocycles. The van der Waals surface area contributed by atoms with Crippen molar-refractivity contribution < 1.29 is 4.42 Å². The third-order valence-electron chi connectivity index (χ3n) is 1.97. The highest BCUT2D eigenvalue weighted by atomic mass is 32.2. The van der Waals surface area contributed by atoms with Gasteiger partial charge in [0.2, 0.25) is 0 Å². The summed E-state index contributed by atoms with van der Waals surface area (Å²) in [5.74, 6) is 1.97. The maximum atomic E-state index is 5.47. The van der Waals surface area contributed by atoms with Crippen LogP contribution in [0.25, 0.3) is 0 Å². The fraction of sp³-hybridized carbons (Fsp3) is 0.167. The van der Waals surface area contributed by atoms with Gasteiger partial charge in [-0.15, -0.1) is 0 Å². The monoisotopic (exact) mass is 204 g/mol. The SMILES string of the molecule is Cc1cc(Sc2ccccc2)c(C)o1. The fourth-order valence-corrected chi connectivity index (χ4v) is 2.28. The Kier molecular flexibility index (Phi) is 2.64. The van der Waals surface area contributed by atoms with Gasteiger partial charge in [0.15, 0.2) is 0 Å². The molecule has 2 aromatic rings. The van der Waals surface area contributed by atoms with Crippen LogP contribution in [0.4, 0.5) is 0 Å². The first kappa shape index (κ1) is 9.41. The highest BCUT2D eigenvalue weighted by Gasteiger charge is 2.05. The Morgan fingerprint density at radius 3 is 2.36 bits per heavy atom. The molecule has 0 atom stereocenters. The summed E-state index contributed by atoms with van der Waals surface area (Å²) in [4.78, 5) is 2.45. The van der Waals surface area contributed by atoms with Crippen molar-refractivity contribution >= 4 is 11.8 Å². The summed E-state index contributed by atoms with van der Waals surface area (Å²) < 4.78 is 5.47. The van der Waals surface area contributed by atoms with Gasteiger partial charge >= 0.3 is 0 Å². The third kappa shape index (κ3) is 2.02. The van der Waals surface area contributed by atoms with E-state index in [1.807, 2.05) is 32.0 Å². The molecule has 0 radical (unpaired) electrons. The smallest absolute Gasteiger partial charge is 0.114 e. The van der Waals surface area contributed by atoms with E-state index in [-0.39, 0.29) is 0 Å². The van der Waals surface area contributed by atoms with E-state index in [4.69, 9.17) is 4.42 Å². The molecular weight excluding hydrogens is 192 g/mol. The zero-order valence-electron chi connectivity index (χ0n) is 8.28. The zero-order chi connectivity index (χ0) is 9.97. The van der Waals surface area contributed by atoms with E-state index < -0.39 is 0 Å². The number of benzene rings is 1. The van der Waals surface area contributed by atoms with Gasteiger partial charge in [0.1, 0.15) is 11.5 Å². The lowest BCUT2D eigenvalue weighted by atomic mass is 10.4. The van der Waals surface area contributed by atoms with Crippen molar-refractivity contribution in [2.24, 2.45) is 0 Å². The largest absolute Gasteiger partial charge is 0.465 e. The van der Waals surface area contributed by atoms with Crippen LogP contribution in [0.15, 0.2) is 50.6 Å². The van der Waals surface area contributed by atoms with Crippen LogP contribution in [0.1, 0.15) is 11.5 Å². The Hall–Kier alpha value is -1.15. The van der Waals surface area contributed by atoms with Crippen molar-refractivity contribution in [1.82, 2.24) is 0 Å². The molecule has 0 aliphatic rings. The summed E-state index contributed by atoms with van der Waals surface area (Å²) in [5, 5.41) is 0. The van der Waals surface area contributed by atoms with E-state index >= 15 is 0 Å². The molecule has 2 rings (SSSR count). The van der Waals surface area contributed by atoms with Crippen LogP contribution in [0.3, 0.4) is 0 Å². The van der Waals surface area contributed by atoms with Crippen molar-refractivity contribution in [2.45, 2.75) is 23.6 Å². The van der Waals surface area contributed by atoms with Crippen molar-refractivity contribution in [3.63, 3.8) is 0 Å². The maximum absolute atomic E-state index is 5.47. The second kappa shape index (κ2) is 3.93. The second-order valence-electron chi connectivity index (χ2n) is 3.19. The van der Waals surface area contributed by atoms with Gasteiger partial charge in [-0.1, -0.05) is 30.0 Å². The number of hydrogen-bond donors (Lipinski definition) is 0. The first-order valence-electron chi connectivity index (χ1n) is 4.55. The van der Waals surface area contributed by atoms with Crippen molar-refractivity contribution in [2.75, 3.05) is 0 Å². The molecule has 0 aliphatic heterocycles. The third-order valence-corrected chi connectivity index (χ3v) is 3.10. The van der Waals surface area contributed by atoms with Crippen LogP contribution in [-0.2, 0) is 0 Å². The van der Waals surface area contributed by atoms with Gasteiger partial charge in [-0.05, 0) is 32.0 Å². The molecular formula is C12H12OS. The van der Waals surface area contributed by atoms with Crippen molar-refractivity contribution in [3.8, 4) is 0 Å². The Bertz CT molecular complexity index is 417. The van der Waals surface area contributed by atoms with Crippen LogP contribution >= 0.6 is 11.8 Å². The Balaban J connectivity index is 2.23. The van der Waals surface area contributed by atoms with Crippen molar-refractivity contribution in [1.29, 1.82) is 0 Å². The Morgan fingerprint density at radius 1 is 1.07 bits per heavy atom. The average Bonchev–Trinajstić information content (AvgIpc) is 2.47. The van der Waals surface area contributed by atoms with Gasteiger partial charge in [0.25, 0.3) is 0 Å². The molecule has 2 heteroatoms. The lowest BCUT2D eigenvalue weighted by Crippen LogP contribution is -1.71. The van der Waals surface area contributed by atoms with E-state index in [1.165, 1.54) is 9.79 Å². The minimum atomic E-state index is 0.973.